The van der Waals surface area contributed by atoms with Gasteiger partial charge in [-0.25, -0.2) is 0 Å². The topological polar surface area (TPSA) is 0 Å². The number of rotatable bonds is 10. The number of halogens is 2. The molecule has 0 amide bonds. The Hall–Kier alpha value is 0.880. The van der Waals surface area contributed by atoms with Crippen molar-refractivity contribution in [2.75, 3.05) is 54.4 Å². The van der Waals surface area contributed by atoms with E-state index in [0.29, 0.717) is 0 Å². The lowest BCUT2D eigenvalue weighted by molar-refractivity contribution is -0.888. The van der Waals surface area contributed by atoms with Crippen molar-refractivity contribution >= 4 is 0 Å². The van der Waals surface area contributed by atoms with Crippen molar-refractivity contribution in [1.29, 1.82) is 0 Å². The summed E-state index contributed by atoms with van der Waals surface area (Å²) < 4.78 is 2.36. The summed E-state index contributed by atoms with van der Waals surface area (Å²) in [6.07, 6.45) is 7.05. The minimum atomic E-state index is 0. The predicted molar refractivity (Wildman–Crippen MR) is 78.1 cm³/mol. The van der Waals surface area contributed by atoms with E-state index in [9.17, 15) is 0 Å². The van der Waals surface area contributed by atoms with Gasteiger partial charge in [-0.05, 0) is 39.5 Å². The van der Waals surface area contributed by atoms with Crippen molar-refractivity contribution in [3.63, 3.8) is 0 Å². The van der Waals surface area contributed by atoms with Crippen molar-refractivity contribution in [2.45, 2.75) is 46.0 Å². The molecule has 0 heterocycles. The molecular formula is C15H36Br2N2. The molecular weight excluding hydrogens is 368 g/mol. The van der Waals surface area contributed by atoms with Gasteiger partial charge in [0.2, 0.25) is 0 Å². The summed E-state index contributed by atoms with van der Waals surface area (Å²) >= 11 is 0. The molecule has 0 fully saturated rings. The molecule has 0 rings (SSSR count). The molecule has 0 N–H and O–H groups in total. The lowest BCUT2D eigenvalue weighted by Gasteiger charge is -2.28. The lowest BCUT2D eigenvalue weighted by Crippen LogP contribution is -3.00. The molecule has 0 bridgehead atoms. The van der Waals surface area contributed by atoms with Crippen LogP contribution >= 0.6 is 0 Å². The number of hydrogen-bond acceptors (Lipinski definition) is 0. The molecule has 0 aromatic heterocycles. The van der Waals surface area contributed by atoms with Crippen LogP contribution in [-0.4, -0.2) is 63.3 Å². The number of nitrogens with zero attached hydrogens (tertiary/aromatic N) is 2. The van der Waals surface area contributed by atoms with Gasteiger partial charge in [-0.2, -0.15) is 0 Å². The van der Waals surface area contributed by atoms with Crippen LogP contribution < -0.4 is 34.0 Å². The van der Waals surface area contributed by atoms with Crippen LogP contribution in [0.1, 0.15) is 46.0 Å². The number of quaternary nitrogens is 2. The lowest BCUT2D eigenvalue weighted by atomic mass is 10.1. The van der Waals surface area contributed by atoms with E-state index in [1.54, 1.807) is 0 Å². The minimum absolute atomic E-state index is 0. The average Bonchev–Trinajstić information content (AvgIpc) is 2.27. The Morgan fingerprint density at radius 1 is 0.526 bits per heavy atom. The van der Waals surface area contributed by atoms with Gasteiger partial charge in [-0.3, -0.25) is 0 Å². The standard InChI is InChI=1S/C15H36N2.2BrH/c1-7-16(3,4)14-12-10-9-11-13-15-17(5,6)8-2;;/h7-15H2,1-6H3;2*1H/q+2;;/p-2. The Labute approximate surface area is 143 Å². The third-order valence-electron chi connectivity index (χ3n) is 4.24. The van der Waals surface area contributed by atoms with Crippen LogP contribution in [0.4, 0.5) is 0 Å². The smallest absolute Gasteiger partial charge is 0.0782 e. The first-order valence-corrected chi connectivity index (χ1v) is 7.47. The fourth-order valence-electron chi connectivity index (χ4n) is 1.93. The van der Waals surface area contributed by atoms with Crippen LogP contribution in [-0.2, 0) is 0 Å². The number of hydrogen-bond donors (Lipinski definition) is 0. The van der Waals surface area contributed by atoms with Crippen LogP contribution in [0.25, 0.3) is 0 Å². The third kappa shape index (κ3) is 15.1. The first kappa shape index (κ1) is 24.9. The molecule has 0 atom stereocenters. The van der Waals surface area contributed by atoms with E-state index in [0.717, 1.165) is 0 Å². The van der Waals surface area contributed by atoms with Crippen molar-refractivity contribution in [3.8, 4) is 0 Å². The van der Waals surface area contributed by atoms with E-state index in [4.69, 9.17) is 0 Å². The quantitative estimate of drug-likeness (QED) is 0.272. The second-order valence-corrected chi connectivity index (χ2v) is 6.72. The van der Waals surface area contributed by atoms with E-state index in [1.807, 2.05) is 0 Å². The van der Waals surface area contributed by atoms with Crippen molar-refractivity contribution < 1.29 is 42.9 Å². The molecule has 120 valence electrons. The Balaban J connectivity index is -0.00000128. The van der Waals surface area contributed by atoms with E-state index in [2.05, 4.69) is 42.0 Å². The van der Waals surface area contributed by atoms with Crippen molar-refractivity contribution in [3.05, 3.63) is 0 Å². The maximum atomic E-state index is 2.33. The molecule has 4 heteroatoms. The average molecular weight is 404 g/mol. The molecule has 0 aliphatic carbocycles. The largest absolute Gasteiger partial charge is 1.00 e. The third-order valence-corrected chi connectivity index (χ3v) is 4.24. The van der Waals surface area contributed by atoms with Gasteiger partial charge in [0.25, 0.3) is 0 Å². The molecule has 0 unspecified atom stereocenters. The fourth-order valence-corrected chi connectivity index (χ4v) is 1.93. The van der Waals surface area contributed by atoms with Gasteiger partial charge >= 0.3 is 0 Å². The van der Waals surface area contributed by atoms with Gasteiger partial charge in [0.15, 0.2) is 0 Å². The zero-order chi connectivity index (χ0) is 13.4. The molecule has 0 aromatic carbocycles. The molecule has 0 aliphatic rings. The Morgan fingerprint density at radius 3 is 1.05 bits per heavy atom. The zero-order valence-electron chi connectivity index (χ0n) is 14.0. The molecule has 0 saturated carbocycles. The predicted octanol–water partition coefficient (Wildman–Crippen LogP) is -2.86. The summed E-state index contributed by atoms with van der Waals surface area (Å²) in [5, 5.41) is 0. The maximum Gasteiger partial charge on any atom is 0.0782 e. The van der Waals surface area contributed by atoms with Gasteiger partial charge in [0.05, 0.1) is 54.4 Å². The number of unbranched alkanes of at least 4 members (excludes halogenated alkanes) is 4. The Kier molecular flexibility index (Phi) is 16.5. The van der Waals surface area contributed by atoms with Crippen molar-refractivity contribution in [2.24, 2.45) is 0 Å². The van der Waals surface area contributed by atoms with E-state index in [-0.39, 0.29) is 34.0 Å². The van der Waals surface area contributed by atoms with Crippen LogP contribution in [0.5, 0.6) is 0 Å². The van der Waals surface area contributed by atoms with Gasteiger partial charge < -0.3 is 42.9 Å². The molecule has 0 saturated heterocycles. The highest BCUT2D eigenvalue weighted by atomic mass is 79.9. The van der Waals surface area contributed by atoms with Gasteiger partial charge in [0.1, 0.15) is 0 Å². The first-order chi connectivity index (χ1) is 7.83. The molecule has 0 aliphatic heterocycles. The SMILES string of the molecule is CC[N+](C)(C)CCCCCCC[N+](C)(C)CC.[Br-].[Br-]. The van der Waals surface area contributed by atoms with Crippen LogP contribution in [0, 0.1) is 0 Å². The molecule has 2 nitrogen and oxygen atoms in total. The van der Waals surface area contributed by atoms with Gasteiger partial charge in [-0.15, -0.1) is 0 Å². The highest BCUT2D eigenvalue weighted by Crippen LogP contribution is 2.08. The van der Waals surface area contributed by atoms with Crippen LogP contribution in [0.15, 0.2) is 0 Å². The summed E-state index contributed by atoms with van der Waals surface area (Å²) in [6.45, 7) is 9.75. The monoisotopic (exact) mass is 402 g/mol. The van der Waals surface area contributed by atoms with Crippen molar-refractivity contribution in [1.82, 2.24) is 0 Å². The highest BCUT2D eigenvalue weighted by molar-refractivity contribution is 4.45. The molecule has 0 radical (unpaired) electrons. The Morgan fingerprint density at radius 2 is 0.789 bits per heavy atom. The summed E-state index contributed by atoms with van der Waals surface area (Å²) in [5.41, 5.74) is 0. The van der Waals surface area contributed by atoms with Gasteiger partial charge in [0, 0.05) is 0 Å². The summed E-state index contributed by atoms with van der Waals surface area (Å²) in [5.74, 6) is 0. The maximum absolute atomic E-state index is 2.33. The summed E-state index contributed by atoms with van der Waals surface area (Å²) in [6, 6.07) is 0. The zero-order valence-corrected chi connectivity index (χ0v) is 17.2. The summed E-state index contributed by atoms with van der Waals surface area (Å²) in [7, 11) is 9.34. The summed E-state index contributed by atoms with van der Waals surface area (Å²) in [4.78, 5) is 0. The minimum Gasteiger partial charge on any atom is -1.00 e. The van der Waals surface area contributed by atoms with Crippen LogP contribution in [0.2, 0.25) is 0 Å². The van der Waals surface area contributed by atoms with E-state index < -0.39 is 0 Å². The van der Waals surface area contributed by atoms with E-state index in [1.165, 1.54) is 67.2 Å². The Bertz CT molecular complexity index is 175. The molecule has 0 aromatic rings. The molecule has 19 heavy (non-hydrogen) atoms. The van der Waals surface area contributed by atoms with Gasteiger partial charge in [-0.1, -0.05) is 6.42 Å². The van der Waals surface area contributed by atoms with Crippen LogP contribution in [0.3, 0.4) is 0 Å². The van der Waals surface area contributed by atoms with E-state index >= 15 is 0 Å². The second-order valence-electron chi connectivity index (χ2n) is 6.72. The second kappa shape index (κ2) is 12.6. The normalized spacial score (nSPS) is 11.7. The fraction of sp³-hybridized carbons (Fsp3) is 1.00. The first-order valence-electron chi connectivity index (χ1n) is 7.47. The highest BCUT2D eigenvalue weighted by Gasteiger charge is 2.11. The molecule has 0 spiro atoms.